The van der Waals surface area contributed by atoms with Crippen LogP contribution in [0.3, 0.4) is 0 Å². The number of ether oxygens (including phenoxy) is 1. The van der Waals surface area contributed by atoms with Crippen molar-refractivity contribution in [3.05, 3.63) is 60.1 Å². The summed E-state index contributed by atoms with van der Waals surface area (Å²) in [5.74, 6) is 1.55. The Kier molecular flexibility index (Phi) is 3.99. The predicted octanol–water partition coefficient (Wildman–Crippen LogP) is 3.33. The zero-order valence-corrected chi connectivity index (χ0v) is 13.8. The third kappa shape index (κ3) is 2.89. The largest absolute Gasteiger partial charge is 0.469 e. The zero-order chi connectivity index (χ0) is 16.4. The van der Waals surface area contributed by atoms with Crippen LogP contribution in [-0.2, 0) is 26.5 Å². The lowest BCUT2D eigenvalue weighted by molar-refractivity contribution is 0.279. The number of pyridine rings is 2. The fourth-order valence-electron chi connectivity index (χ4n) is 3.21. The van der Waals surface area contributed by atoms with Crippen LogP contribution in [0, 0.1) is 0 Å². The molecule has 3 heterocycles. The van der Waals surface area contributed by atoms with E-state index in [-0.39, 0.29) is 0 Å². The summed E-state index contributed by atoms with van der Waals surface area (Å²) in [4.78, 5) is 13.3. The van der Waals surface area contributed by atoms with Gasteiger partial charge in [0, 0.05) is 49.2 Å². The Morgan fingerprint density at radius 3 is 2.92 bits per heavy atom. The van der Waals surface area contributed by atoms with Crippen LogP contribution in [0.1, 0.15) is 29.9 Å². The zero-order valence-electron chi connectivity index (χ0n) is 13.8. The van der Waals surface area contributed by atoms with Crippen molar-refractivity contribution in [3.8, 4) is 17.0 Å². The highest BCUT2D eigenvalue weighted by atomic mass is 16.5. The van der Waals surface area contributed by atoms with E-state index in [9.17, 15) is 0 Å². The number of hydrogen-bond donors (Lipinski definition) is 0. The second-order valence-electron chi connectivity index (χ2n) is 6.13. The maximum Gasteiger partial charge on any atom is 0.214 e. The van der Waals surface area contributed by atoms with Crippen LogP contribution in [-0.4, -0.2) is 19.5 Å². The molecule has 24 heavy (non-hydrogen) atoms. The maximum atomic E-state index is 5.94. The molecule has 4 rings (SSSR count). The SMILES string of the molecule is Cn1ccnc1COc1cc(-c2cccnc2)c2c(n1)CCCC2. The quantitative estimate of drug-likeness (QED) is 0.740. The minimum absolute atomic E-state index is 0.418. The summed E-state index contributed by atoms with van der Waals surface area (Å²) in [7, 11) is 1.97. The van der Waals surface area contributed by atoms with Crippen molar-refractivity contribution in [1.82, 2.24) is 19.5 Å². The van der Waals surface area contributed by atoms with Crippen molar-refractivity contribution >= 4 is 0 Å². The van der Waals surface area contributed by atoms with Crippen LogP contribution < -0.4 is 4.74 Å². The first-order valence-electron chi connectivity index (χ1n) is 8.33. The minimum atomic E-state index is 0.418. The molecule has 122 valence electrons. The van der Waals surface area contributed by atoms with Gasteiger partial charge in [0.25, 0.3) is 0 Å². The Morgan fingerprint density at radius 1 is 1.21 bits per heavy atom. The number of aryl methyl sites for hydroxylation is 2. The second kappa shape index (κ2) is 6.43. The first-order valence-corrected chi connectivity index (χ1v) is 8.33. The van der Waals surface area contributed by atoms with E-state index in [1.54, 1.807) is 12.4 Å². The second-order valence-corrected chi connectivity index (χ2v) is 6.13. The van der Waals surface area contributed by atoms with Gasteiger partial charge in [0.2, 0.25) is 5.88 Å². The summed E-state index contributed by atoms with van der Waals surface area (Å²) in [5, 5.41) is 0. The van der Waals surface area contributed by atoms with Gasteiger partial charge in [-0.3, -0.25) is 4.98 Å². The van der Waals surface area contributed by atoms with Gasteiger partial charge in [-0.25, -0.2) is 9.97 Å². The highest BCUT2D eigenvalue weighted by Crippen LogP contribution is 2.33. The topological polar surface area (TPSA) is 52.8 Å². The van der Waals surface area contributed by atoms with Crippen LogP contribution in [0.4, 0.5) is 0 Å². The van der Waals surface area contributed by atoms with Gasteiger partial charge in [0.1, 0.15) is 12.4 Å². The normalized spacial score (nSPS) is 13.5. The van der Waals surface area contributed by atoms with Crippen molar-refractivity contribution in [2.75, 3.05) is 0 Å². The van der Waals surface area contributed by atoms with E-state index in [1.165, 1.54) is 24.0 Å². The number of hydrogen-bond acceptors (Lipinski definition) is 4. The number of rotatable bonds is 4. The van der Waals surface area contributed by atoms with Crippen LogP contribution in [0.5, 0.6) is 5.88 Å². The minimum Gasteiger partial charge on any atom is -0.469 e. The Balaban J connectivity index is 1.69. The van der Waals surface area contributed by atoms with Gasteiger partial charge < -0.3 is 9.30 Å². The molecule has 0 amide bonds. The molecular formula is C19H20N4O. The lowest BCUT2D eigenvalue weighted by atomic mass is 9.90. The molecule has 0 fully saturated rings. The average molecular weight is 320 g/mol. The maximum absolute atomic E-state index is 5.94. The Bertz CT molecular complexity index is 842. The lowest BCUT2D eigenvalue weighted by Gasteiger charge is -2.20. The molecule has 0 saturated heterocycles. The summed E-state index contributed by atoms with van der Waals surface area (Å²) < 4.78 is 7.90. The average Bonchev–Trinajstić information content (AvgIpc) is 3.05. The molecule has 1 aliphatic rings. The molecule has 3 aromatic rings. The molecule has 0 aliphatic heterocycles. The highest BCUT2D eigenvalue weighted by molar-refractivity contribution is 5.68. The van der Waals surface area contributed by atoms with Gasteiger partial charge in [0.15, 0.2) is 0 Å². The number of nitrogens with zero attached hydrogens (tertiary/aromatic N) is 4. The van der Waals surface area contributed by atoms with Gasteiger partial charge in [-0.1, -0.05) is 6.07 Å². The monoisotopic (exact) mass is 320 g/mol. The van der Waals surface area contributed by atoms with E-state index in [1.807, 2.05) is 36.1 Å². The highest BCUT2D eigenvalue weighted by Gasteiger charge is 2.18. The smallest absolute Gasteiger partial charge is 0.214 e. The summed E-state index contributed by atoms with van der Waals surface area (Å²) in [6.45, 7) is 0.418. The first kappa shape index (κ1) is 14.9. The summed E-state index contributed by atoms with van der Waals surface area (Å²) in [6, 6.07) is 6.11. The van der Waals surface area contributed by atoms with Crippen molar-refractivity contribution in [1.29, 1.82) is 0 Å². The summed E-state index contributed by atoms with van der Waals surface area (Å²) in [6.07, 6.45) is 11.9. The van der Waals surface area contributed by atoms with E-state index >= 15 is 0 Å². The molecule has 3 aromatic heterocycles. The number of aromatic nitrogens is 4. The molecule has 1 aliphatic carbocycles. The molecule has 0 bridgehead atoms. The summed E-state index contributed by atoms with van der Waals surface area (Å²) >= 11 is 0. The van der Waals surface area contributed by atoms with Crippen LogP contribution in [0.25, 0.3) is 11.1 Å². The van der Waals surface area contributed by atoms with Crippen molar-refractivity contribution < 1.29 is 4.74 Å². The van der Waals surface area contributed by atoms with E-state index in [0.717, 1.165) is 29.9 Å². The predicted molar refractivity (Wildman–Crippen MR) is 91.7 cm³/mol. The molecule has 0 saturated carbocycles. The van der Waals surface area contributed by atoms with Crippen molar-refractivity contribution in [3.63, 3.8) is 0 Å². The van der Waals surface area contributed by atoms with E-state index in [0.29, 0.717) is 12.5 Å². The van der Waals surface area contributed by atoms with Gasteiger partial charge in [-0.15, -0.1) is 0 Å². The Morgan fingerprint density at radius 2 is 2.12 bits per heavy atom. The molecule has 0 atom stereocenters. The van der Waals surface area contributed by atoms with E-state index < -0.39 is 0 Å². The van der Waals surface area contributed by atoms with E-state index in [2.05, 4.69) is 16.0 Å². The van der Waals surface area contributed by atoms with Gasteiger partial charge in [-0.05, 0) is 42.9 Å². The molecule has 0 N–H and O–H groups in total. The lowest BCUT2D eigenvalue weighted by Crippen LogP contribution is -2.10. The molecule has 0 unspecified atom stereocenters. The third-order valence-electron chi connectivity index (χ3n) is 4.52. The van der Waals surface area contributed by atoms with Crippen molar-refractivity contribution in [2.24, 2.45) is 7.05 Å². The summed E-state index contributed by atoms with van der Waals surface area (Å²) in [5.41, 5.74) is 4.83. The number of imidazole rings is 1. The fraction of sp³-hybridized carbons (Fsp3) is 0.316. The van der Waals surface area contributed by atoms with Gasteiger partial charge in [-0.2, -0.15) is 0 Å². The molecule has 0 aromatic carbocycles. The van der Waals surface area contributed by atoms with Crippen LogP contribution in [0.2, 0.25) is 0 Å². The Hall–Kier alpha value is -2.69. The van der Waals surface area contributed by atoms with Crippen molar-refractivity contribution in [2.45, 2.75) is 32.3 Å². The molecule has 0 radical (unpaired) electrons. The molecule has 0 spiro atoms. The molecular weight excluding hydrogens is 300 g/mol. The van der Waals surface area contributed by atoms with Crippen LogP contribution >= 0.6 is 0 Å². The standard InChI is InChI=1S/C19H20N4O/c1-23-10-9-21-18(23)13-24-19-11-16(14-5-4-8-20-12-14)15-6-2-3-7-17(15)22-19/h4-5,8-12H,2-3,6-7,13H2,1H3. The van der Waals surface area contributed by atoms with E-state index in [4.69, 9.17) is 9.72 Å². The first-order chi connectivity index (χ1) is 11.8. The fourth-order valence-corrected chi connectivity index (χ4v) is 3.21. The van der Waals surface area contributed by atoms with Gasteiger partial charge >= 0.3 is 0 Å². The van der Waals surface area contributed by atoms with Crippen LogP contribution in [0.15, 0.2) is 43.0 Å². The third-order valence-corrected chi connectivity index (χ3v) is 4.52. The molecule has 5 heteroatoms. The molecule has 5 nitrogen and oxygen atoms in total. The van der Waals surface area contributed by atoms with Gasteiger partial charge in [0.05, 0.1) is 0 Å². The number of fused-ring (bicyclic) bond motifs is 1. The Labute approximate surface area is 141 Å².